The lowest BCUT2D eigenvalue weighted by atomic mass is 10.2. The Morgan fingerprint density at radius 1 is 1.47 bits per heavy atom. The number of aromatic nitrogens is 1. The van der Waals surface area contributed by atoms with E-state index in [1.165, 1.54) is 25.1 Å². The number of nitrogens with one attached hydrogen (secondary N) is 1. The predicted octanol–water partition coefficient (Wildman–Crippen LogP) is 2.63. The van der Waals surface area contributed by atoms with Crippen molar-refractivity contribution in [3.8, 4) is 0 Å². The van der Waals surface area contributed by atoms with E-state index in [-0.39, 0.29) is 11.1 Å². The standard InChI is InChI=1S/C12H18ClN3O/c1-2-3-4-5-6-15-12(17)10-7-9(14)8-16-11(10)13/h7-8H,2-6,14H2,1H3,(H,15,17). The zero-order valence-corrected chi connectivity index (χ0v) is 10.8. The third-order valence-electron chi connectivity index (χ3n) is 2.42. The molecular weight excluding hydrogens is 238 g/mol. The summed E-state index contributed by atoms with van der Waals surface area (Å²) in [6.45, 7) is 2.81. The molecule has 0 aliphatic rings. The topological polar surface area (TPSA) is 68.0 Å². The third-order valence-corrected chi connectivity index (χ3v) is 2.72. The summed E-state index contributed by atoms with van der Waals surface area (Å²) < 4.78 is 0. The molecule has 1 aromatic rings. The van der Waals surface area contributed by atoms with E-state index in [2.05, 4.69) is 17.2 Å². The van der Waals surface area contributed by atoms with Crippen molar-refractivity contribution in [1.29, 1.82) is 0 Å². The molecule has 94 valence electrons. The average Bonchev–Trinajstić information content (AvgIpc) is 2.32. The molecule has 5 heteroatoms. The van der Waals surface area contributed by atoms with E-state index in [1.54, 1.807) is 0 Å². The van der Waals surface area contributed by atoms with E-state index in [1.807, 2.05) is 0 Å². The second kappa shape index (κ2) is 7.12. The fraction of sp³-hybridized carbons (Fsp3) is 0.500. The van der Waals surface area contributed by atoms with E-state index in [9.17, 15) is 4.79 Å². The van der Waals surface area contributed by atoms with Gasteiger partial charge in [0.15, 0.2) is 0 Å². The third kappa shape index (κ3) is 4.61. The van der Waals surface area contributed by atoms with Crippen molar-refractivity contribution in [3.63, 3.8) is 0 Å². The highest BCUT2D eigenvalue weighted by atomic mass is 35.5. The molecule has 0 atom stereocenters. The first-order valence-electron chi connectivity index (χ1n) is 5.84. The number of halogens is 1. The number of carbonyl (C=O) groups excluding carboxylic acids is 1. The maximum Gasteiger partial charge on any atom is 0.254 e. The van der Waals surface area contributed by atoms with Crippen molar-refractivity contribution in [2.75, 3.05) is 12.3 Å². The summed E-state index contributed by atoms with van der Waals surface area (Å²) in [6.07, 6.45) is 5.91. The monoisotopic (exact) mass is 255 g/mol. The van der Waals surface area contributed by atoms with Crippen LogP contribution in [0.4, 0.5) is 5.69 Å². The zero-order chi connectivity index (χ0) is 12.7. The van der Waals surface area contributed by atoms with Crippen LogP contribution in [0.1, 0.15) is 43.0 Å². The van der Waals surface area contributed by atoms with Crippen molar-refractivity contribution in [2.24, 2.45) is 0 Å². The van der Waals surface area contributed by atoms with E-state index in [0.29, 0.717) is 17.8 Å². The first-order chi connectivity index (χ1) is 8.15. The Bertz CT molecular complexity index is 382. The summed E-state index contributed by atoms with van der Waals surface area (Å²) >= 11 is 5.83. The number of carbonyl (C=O) groups is 1. The first-order valence-corrected chi connectivity index (χ1v) is 6.22. The maximum atomic E-state index is 11.8. The van der Waals surface area contributed by atoms with Gasteiger partial charge in [-0.05, 0) is 12.5 Å². The molecule has 0 radical (unpaired) electrons. The van der Waals surface area contributed by atoms with Crippen LogP contribution in [-0.4, -0.2) is 17.4 Å². The summed E-state index contributed by atoms with van der Waals surface area (Å²) in [4.78, 5) is 15.6. The van der Waals surface area contributed by atoms with Crippen LogP contribution in [0.5, 0.6) is 0 Å². The molecule has 0 aliphatic carbocycles. The number of anilines is 1. The van der Waals surface area contributed by atoms with Gasteiger partial charge in [0.1, 0.15) is 5.15 Å². The summed E-state index contributed by atoms with van der Waals surface area (Å²) in [7, 11) is 0. The molecule has 17 heavy (non-hydrogen) atoms. The predicted molar refractivity (Wildman–Crippen MR) is 70.1 cm³/mol. The maximum absolute atomic E-state index is 11.8. The molecule has 3 N–H and O–H groups in total. The number of nitrogens with two attached hydrogens (primary N) is 1. The Kier molecular flexibility index (Phi) is 5.77. The average molecular weight is 256 g/mol. The normalized spacial score (nSPS) is 10.2. The SMILES string of the molecule is CCCCCCNC(=O)c1cc(N)cnc1Cl. The van der Waals surface area contributed by atoms with Gasteiger partial charge in [0.25, 0.3) is 5.91 Å². The molecule has 0 spiro atoms. The van der Waals surface area contributed by atoms with Crippen molar-refractivity contribution in [1.82, 2.24) is 10.3 Å². The summed E-state index contributed by atoms with van der Waals surface area (Å²) in [5.41, 5.74) is 6.33. The van der Waals surface area contributed by atoms with Gasteiger partial charge in [0, 0.05) is 6.54 Å². The Morgan fingerprint density at radius 2 is 2.24 bits per heavy atom. The van der Waals surface area contributed by atoms with Gasteiger partial charge >= 0.3 is 0 Å². The molecule has 0 fully saturated rings. The van der Waals surface area contributed by atoms with E-state index in [0.717, 1.165) is 12.8 Å². The highest BCUT2D eigenvalue weighted by Gasteiger charge is 2.10. The highest BCUT2D eigenvalue weighted by Crippen LogP contribution is 2.15. The fourth-order valence-electron chi connectivity index (χ4n) is 1.47. The summed E-state index contributed by atoms with van der Waals surface area (Å²) in [5.74, 6) is -0.216. The van der Waals surface area contributed by atoms with Crippen molar-refractivity contribution < 1.29 is 4.79 Å². The van der Waals surface area contributed by atoms with Gasteiger partial charge in [0.2, 0.25) is 0 Å². The van der Waals surface area contributed by atoms with Crippen molar-refractivity contribution in [2.45, 2.75) is 32.6 Å². The van der Waals surface area contributed by atoms with Crippen LogP contribution in [-0.2, 0) is 0 Å². The van der Waals surface area contributed by atoms with Crippen LogP contribution >= 0.6 is 11.6 Å². The minimum absolute atomic E-state index is 0.185. The molecule has 0 saturated carbocycles. The van der Waals surface area contributed by atoms with Gasteiger partial charge < -0.3 is 11.1 Å². The molecular formula is C12H18ClN3O. The van der Waals surface area contributed by atoms with Crippen LogP contribution in [0.25, 0.3) is 0 Å². The molecule has 1 rings (SSSR count). The van der Waals surface area contributed by atoms with Crippen LogP contribution in [0.15, 0.2) is 12.3 Å². The molecule has 0 aromatic carbocycles. The number of hydrogen-bond donors (Lipinski definition) is 2. The Morgan fingerprint density at radius 3 is 2.94 bits per heavy atom. The summed E-state index contributed by atoms with van der Waals surface area (Å²) in [5, 5.41) is 2.99. The fourth-order valence-corrected chi connectivity index (χ4v) is 1.66. The van der Waals surface area contributed by atoms with Crippen molar-refractivity contribution in [3.05, 3.63) is 23.0 Å². The zero-order valence-electron chi connectivity index (χ0n) is 10.0. The van der Waals surface area contributed by atoms with Crippen LogP contribution < -0.4 is 11.1 Å². The lowest BCUT2D eigenvalue weighted by Gasteiger charge is -2.06. The second-order valence-electron chi connectivity index (χ2n) is 3.92. The molecule has 1 amide bonds. The molecule has 0 saturated heterocycles. The lowest BCUT2D eigenvalue weighted by molar-refractivity contribution is 0.0953. The van der Waals surface area contributed by atoms with Gasteiger partial charge in [-0.15, -0.1) is 0 Å². The Labute approximate surface area is 107 Å². The lowest BCUT2D eigenvalue weighted by Crippen LogP contribution is -2.25. The van der Waals surface area contributed by atoms with Crippen LogP contribution in [0.3, 0.4) is 0 Å². The Hall–Kier alpha value is -1.29. The number of pyridine rings is 1. The largest absolute Gasteiger partial charge is 0.397 e. The molecule has 0 aliphatic heterocycles. The molecule has 0 bridgehead atoms. The van der Waals surface area contributed by atoms with Gasteiger partial charge in [-0.3, -0.25) is 4.79 Å². The highest BCUT2D eigenvalue weighted by molar-refractivity contribution is 6.32. The molecule has 1 heterocycles. The van der Waals surface area contributed by atoms with Gasteiger partial charge in [-0.1, -0.05) is 37.8 Å². The van der Waals surface area contributed by atoms with Gasteiger partial charge in [-0.25, -0.2) is 4.98 Å². The number of hydrogen-bond acceptors (Lipinski definition) is 3. The molecule has 4 nitrogen and oxygen atoms in total. The number of amides is 1. The minimum Gasteiger partial charge on any atom is -0.397 e. The van der Waals surface area contributed by atoms with E-state index >= 15 is 0 Å². The summed E-state index contributed by atoms with van der Waals surface area (Å²) in [6, 6.07) is 1.54. The van der Waals surface area contributed by atoms with Crippen LogP contribution in [0, 0.1) is 0 Å². The number of rotatable bonds is 6. The quantitative estimate of drug-likeness (QED) is 0.607. The van der Waals surface area contributed by atoms with Gasteiger partial charge in [-0.2, -0.15) is 0 Å². The van der Waals surface area contributed by atoms with Crippen molar-refractivity contribution >= 4 is 23.2 Å². The van der Waals surface area contributed by atoms with Gasteiger partial charge in [0.05, 0.1) is 17.4 Å². The smallest absolute Gasteiger partial charge is 0.254 e. The Balaban J connectivity index is 2.44. The van der Waals surface area contributed by atoms with E-state index < -0.39 is 0 Å². The minimum atomic E-state index is -0.216. The van der Waals surface area contributed by atoms with E-state index in [4.69, 9.17) is 17.3 Å². The first kappa shape index (κ1) is 13.8. The second-order valence-corrected chi connectivity index (χ2v) is 4.28. The number of nitrogens with zero attached hydrogens (tertiary/aromatic N) is 1. The number of unbranched alkanes of at least 4 members (excludes halogenated alkanes) is 3. The molecule has 0 unspecified atom stereocenters. The number of nitrogen functional groups attached to an aromatic ring is 1. The van der Waals surface area contributed by atoms with Crippen LogP contribution in [0.2, 0.25) is 5.15 Å². The molecule has 1 aromatic heterocycles.